The molecule has 0 amide bonds. The fourth-order valence-corrected chi connectivity index (χ4v) is 3.17. The van der Waals surface area contributed by atoms with Crippen LogP contribution in [-0.2, 0) is 23.3 Å². The number of unbranched alkanes of at least 4 members (excludes halogenated alkanes) is 2. The molecule has 0 unspecified atom stereocenters. The number of halogens is 2. The molecular formula is C26H48Cl2SiZr-4. The van der Waals surface area contributed by atoms with Gasteiger partial charge in [0, 0.05) is 0 Å². The summed E-state index contributed by atoms with van der Waals surface area (Å²) >= 11 is 1.58. The molecule has 178 valence electrons. The summed E-state index contributed by atoms with van der Waals surface area (Å²) in [5, 5.41) is 0. The van der Waals surface area contributed by atoms with Gasteiger partial charge in [-0.1, -0.05) is 79.1 Å². The maximum absolute atomic E-state index is 3.45. The Hall–Kier alpha value is 0.640. The Morgan fingerprint density at radius 3 is 1.27 bits per heavy atom. The van der Waals surface area contributed by atoms with E-state index in [0.717, 1.165) is 12.8 Å². The molecule has 0 nitrogen and oxygen atoms in total. The third-order valence-corrected chi connectivity index (χ3v) is 4.58. The molecule has 30 heavy (non-hydrogen) atoms. The first kappa shape index (κ1) is 40.9. The van der Waals surface area contributed by atoms with Crippen LogP contribution >= 0.6 is 24.8 Å². The van der Waals surface area contributed by atoms with Crippen LogP contribution in [0.4, 0.5) is 0 Å². The predicted molar refractivity (Wildman–Crippen MR) is 144 cm³/mol. The minimum absolute atomic E-state index is 0. The predicted octanol–water partition coefficient (Wildman–Crippen LogP) is 8.90. The van der Waals surface area contributed by atoms with Crippen LogP contribution in [0.5, 0.6) is 0 Å². The summed E-state index contributed by atoms with van der Waals surface area (Å²) in [7, 11) is 0. The second-order valence-electron chi connectivity index (χ2n) is 7.07. The molecule has 2 aliphatic carbocycles. The first-order valence-electron chi connectivity index (χ1n) is 10.7. The third kappa shape index (κ3) is 20.5. The van der Waals surface area contributed by atoms with Crippen LogP contribution in [0.1, 0.15) is 105 Å². The molecule has 0 bridgehead atoms. The fraction of sp³-hybridized carbons (Fsp3) is 0.615. The molecule has 0 aromatic rings. The van der Waals surface area contributed by atoms with Crippen molar-refractivity contribution in [1.82, 2.24) is 0 Å². The van der Waals surface area contributed by atoms with Gasteiger partial charge in [0.05, 0.1) is 0 Å². The van der Waals surface area contributed by atoms with E-state index in [-0.39, 0.29) is 39.7 Å². The van der Waals surface area contributed by atoms with Crippen molar-refractivity contribution in [2.24, 2.45) is 0 Å². The molecule has 0 aromatic carbocycles. The van der Waals surface area contributed by atoms with E-state index in [1.807, 2.05) is 6.88 Å². The zero-order valence-corrected chi connectivity index (χ0v) is 26.2. The molecule has 0 radical (unpaired) electrons. The quantitative estimate of drug-likeness (QED) is 0.188. The molecule has 0 atom stereocenters. The van der Waals surface area contributed by atoms with Crippen molar-refractivity contribution in [3.63, 3.8) is 0 Å². The summed E-state index contributed by atoms with van der Waals surface area (Å²) in [5.74, 6) is 0. The van der Waals surface area contributed by atoms with E-state index in [9.17, 15) is 0 Å². The van der Waals surface area contributed by atoms with Gasteiger partial charge in [0.15, 0.2) is 0 Å². The van der Waals surface area contributed by atoms with E-state index < -0.39 is 0 Å². The SMILES string of the molecule is CCCCC1=[C-]CC(CCC)=C1.CCCCC1=[C-]CC(CCC)=C1.Cl.Cl.[CH3-].[CH3-].[SiH2]=[Zr]. The first-order chi connectivity index (χ1) is 12.7. The molecule has 4 heteroatoms. The Kier molecular flexibility index (Phi) is 40.5. The molecule has 0 heterocycles. The molecule has 2 aliphatic rings. The number of rotatable bonds is 10. The van der Waals surface area contributed by atoms with Gasteiger partial charge in [-0.2, -0.15) is 11.1 Å². The van der Waals surface area contributed by atoms with Crippen molar-refractivity contribution in [1.29, 1.82) is 0 Å². The zero-order valence-electron chi connectivity index (χ0n) is 20.7. The molecule has 0 aliphatic heterocycles. The van der Waals surface area contributed by atoms with Crippen molar-refractivity contribution < 1.29 is 23.3 Å². The Bertz CT molecular complexity index is 449. The van der Waals surface area contributed by atoms with E-state index in [0.29, 0.717) is 0 Å². The Morgan fingerprint density at radius 1 is 0.667 bits per heavy atom. The van der Waals surface area contributed by atoms with Crippen LogP contribution in [0.2, 0.25) is 0 Å². The van der Waals surface area contributed by atoms with Gasteiger partial charge in [-0.15, -0.1) is 37.7 Å². The summed E-state index contributed by atoms with van der Waals surface area (Å²) in [4.78, 5) is 0. The molecule has 2 rings (SSSR count). The fourth-order valence-electron chi connectivity index (χ4n) is 3.17. The van der Waals surface area contributed by atoms with Crippen molar-refractivity contribution in [2.45, 2.75) is 105 Å². The average Bonchev–Trinajstić information content (AvgIpc) is 3.30. The van der Waals surface area contributed by atoms with E-state index in [1.54, 1.807) is 34.5 Å². The van der Waals surface area contributed by atoms with E-state index in [4.69, 9.17) is 0 Å². The molecular weight excluding hydrogens is 503 g/mol. The second-order valence-corrected chi connectivity index (χ2v) is 7.07. The Labute approximate surface area is 219 Å². The third-order valence-electron chi connectivity index (χ3n) is 4.58. The van der Waals surface area contributed by atoms with Crippen LogP contribution in [0, 0.1) is 27.0 Å². The number of hydrogen-bond donors (Lipinski definition) is 0. The van der Waals surface area contributed by atoms with Gasteiger partial charge in [0.25, 0.3) is 0 Å². The van der Waals surface area contributed by atoms with E-state index >= 15 is 0 Å². The summed E-state index contributed by atoms with van der Waals surface area (Å²) in [6.07, 6.45) is 26.6. The van der Waals surface area contributed by atoms with Gasteiger partial charge in [-0.05, 0) is 12.8 Å². The van der Waals surface area contributed by atoms with Crippen molar-refractivity contribution >= 4 is 31.7 Å². The minimum atomic E-state index is 0. The Balaban J connectivity index is -0.000000114. The molecule has 0 spiro atoms. The maximum atomic E-state index is 3.45. The summed E-state index contributed by atoms with van der Waals surface area (Å²) < 4.78 is 0. The first-order valence-corrected chi connectivity index (χ1v) is 16.6. The van der Waals surface area contributed by atoms with Gasteiger partial charge >= 0.3 is 30.2 Å². The molecule has 0 fully saturated rings. The summed E-state index contributed by atoms with van der Waals surface area (Å²) in [6.45, 7) is 10.9. The normalized spacial score (nSPS) is 13.0. The van der Waals surface area contributed by atoms with Gasteiger partial charge in [0.2, 0.25) is 0 Å². The van der Waals surface area contributed by atoms with Crippen LogP contribution in [0.3, 0.4) is 0 Å². The van der Waals surface area contributed by atoms with Crippen LogP contribution in [-0.4, -0.2) is 6.88 Å². The summed E-state index contributed by atoms with van der Waals surface area (Å²) in [6, 6.07) is 0. The van der Waals surface area contributed by atoms with Gasteiger partial charge in [-0.25, -0.2) is 23.3 Å². The van der Waals surface area contributed by atoms with Crippen molar-refractivity contribution in [3.05, 3.63) is 61.4 Å². The van der Waals surface area contributed by atoms with Gasteiger partial charge in [0.1, 0.15) is 0 Å². The van der Waals surface area contributed by atoms with Crippen molar-refractivity contribution in [2.75, 3.05) is 0 Å². The number of hydrogen-bond acceptors (Lipinski definition) is 0. The molecule has 0 N–H and O–H groups in total. The average molecular weight is 551 g/mol. The topological polar surface area (TPSA) is 0 Å². The van der Waals surface area contributed by atoms with Crippen LogP contribution < -0.4 is 0 Å². The van der Waals surface area contributed by atoms with Crippen molar-refractivity contribution in [3.8, 4) is 0 Å². The van der Waals surface area contributed by atoms with Crippen LogP contribution in [0.15, 0.2) is 34.4 Å². The Morgan fingerprint density at radius 2 is 1.00 bits per heavy atom. The molecule has 0 aromatic heterocycles. The summed E-state index contributed by atoms with van der Waals surface area (Å²) in [5.41, 5.74) is 6.09. The second kappa shape index (κ2) is 29.6. The molecule has 0 saturated heterocycles. The van der Waals surface area contributed by atoms with Gasteiger partial charge < -0.3 is 14.9 Å². The monoisotopic (exact) mass is 548 g/mol. The standard InChI is InChI=1S/2C12H19.2CH3.2ClH.H2Si.Zr/c2*1-3-5-7-12-9-8-11(10-12)6-4-2;;;;;;/h2*10H,3-8H2,1-2H3;2*1H3;2*1H;1H2;/q4*-1;;;;. The number of allylic oxidation sites excluding steroid dienone is 8. The van der Waals surface area contributed by atoms with E-state index in [1.165, 1.54) is 75.4 Å². The van der Waals surface area contributed by atoms with Crippen LogP contribution in [0.25, 0.3) is 0 Å². The van der Waals surface area contributed by atoms with Gasteiger partial charge in [-0.3, -0.25) is 12.2 Å². The molecule has 0 saturated carbocycles. The van der Waals surface area contributed by atoms with E-state index in [2.05, 4.69) is 52.0 Å². The zero-order chi connectivity index (χ0) is 19.6.